The molecule has 2 aromatic carbocycles. The van der Waals surface area contributed by atoms with Crippen LogP contribution in [0.2, 0.25) is 0 Å². The van der Waals surface area contributed by atoms with Crippen molar-refractivity contribution in [2.45, 2.75) is 52.5 Å². The number of aromatic nitrogens is 1. The molecular weight excluding hydrogens is 488 g/mol. The maximum absolute atomic E-state index is 12.9. The molecule has 1 heterocycles. The number of anilines is 2. The van der Waals surface area contributed by atoms with Crippen molar-refractivity contribution in [3.63, 3.8) is 0 Å². The summed E-state index contributed by atoms with van der Waals surface area (Å²) in [7, 11) is 1.38. The fourth-order valence-corrected chi connectivity index (χ4v) is 4.74. The van der Waals surface area contributed by atoms with E-state index in [2.05, 4.69) is 34.8 Å². The zero-order valence-electron chi connectivity index (χ0n) is 21.7. The lowest BCUT2D eigenvalue weighted by molar-refractivity contribution is -0.140. The van der Waals surface area contributed by atoms with Crippen molar-refractivity contribution in [2.75, 3.05) is 17.7 Å². The highest BCUT2D eigenvalue weighted by Crippen LogP contribution is 2.27. The summed E-state index contributed by atoms with van der Waals surface area (Å²) >= 11 is 1.51. The zero-order chi connectivity index (χ0) is 26.8. The van der Waals surface area contributed by atoms with Crippen LogP contribution in [0.1, 0.15) is 53.7 Å². The van der Waals surface area contributed by atoms with Crippen LogP contribution in [0.15, 0.2) is 54.7 Å². The van der Waals surface area contributed by atoms with Gasteiger partial charge in [-0.2, -0.15) is 0 Å². The van der Waals surface area contributed by atoms with E-state index in [0.717, 1.165) is 33.1 Å². The van der Waals surface area contributed by atoms with E-state index in [-0.39, 0.29) is 30.4 Å². The third-order valence-electron chi connectivity index (χ3n) is 5.68. The highest BCUT2D eigenvalue weighted by molar-refractivity contribution is 7.11. The molecule has 8 nitrogen and oxygen atoms in total. The van der Waals surface area contributed by atoms with Gasteiger partial charge in [-0.1, -0.05) is 44.2 Å². The van der Waals surface area contributed by atoms with Gasteiger partial charge in [-0.3, -0.25) is 9.59 Å². The van der Waals surface area contributed by atoms with Crippen LogP contribution in [-0.2, 0) is 27.2 Å². The summed E-state index contributed by atoms with van der Waals surface area (Å²) in [5.74, 6) is 0.00832. The minimum atomic E-state index is -0.328. The van der Waals surface area contributed by atoms with Crippen LogP contribution in [0.3, 0.4) is 0 Å². The number of rotatable bonds is 11. The molecule has 196 valence electrons. The zero-order valence-corrected chi connectivity index (χ0v) is 22.5. The largest absolute Gasteiger partial charge is 0.469 e. The standard InChI is InChI=1S/C28H34N4O4S/c1-18(2)15-24(27-29-17-22(37-27)13-14-26(34)36-4)31-25(33)16-20-9-11-21(12-10-20)30-28(35)32-23-8-6-5-7-19(23)3/h5-12,17-18,24H,13-16H2,1-4H3,(H,31,33)(H2,30,32,35). The van der Waals surface area contributed by atoms with Gasteiger partial charge in [0, 0.05) is 22.4 Å². The second kappa shape index (κ2) is 13.5. The van der Waals surface area contributed by atoms with Crippen LogP contribution >= 0.6 is 11.3 Å². The first-order chi connectivity index (χ1) is 17.7. The molecule has 0 saturated carbocycles. The topological polar surface area (TPSA) is 109 Å². The predicted octanol–water partition coefficient (Wildman–Crippen LogP) is 5.65. The van der Waals surface area contributed by atoms with E-state index in [4.69, 9.17) is 4.74 Å². The van der Waals surface area contributed by atoms with Crippen molar-refractivity contribution in [3.8, 4) is 0 Å². The van der Waals surface area contributed by atoms with Crippen LogP contribution in [0, 0.1) is 12.8 Å². The summed E-state index contributed by atoms with van der Waals surface area (Å²) in [5, 5.41) is 9.60. The molecule has 37 heavy (non-hydrogen) atoms. The van der Waals surface area contributed by atoms with Crippen molar-refractivity contribution < 1.29 is 19.1 Å². The van der Waals surface area contributed by atoms with Crippen LogP contribution in [-0.4, -0.2) is 30.0 Å². The Balaban J connectivity index is 1.55. The molecule has 3 amide bonds. The van der Waals surface area contributed by atoms with Gasteiger partial charge in [0.1, 0.15) is 5.01 Å². The number of para-hydroxylation sites is 1. The van der Waals surface area contributed by atoms with Crippen LogP contribution < -0.4 is 16.0 Å². The molecule has 0 aliphatic rings. The fourth-order valence-electron chi connectivity index (χ4n) is 3.75. The summed E-state index contributed by atoms with van der Waals surface area (Å²) in [5.41, 5.74) is 3.20. The number of esters is 1. The number of urea groups is 1. The van der Waals surface area contributed by atoms with Gasteiger partial charge in [-0.25, -0.2) is 9.78 Å². The Bertz CT molecular complexity index is 1210. The van der Waals surface area contributed by atoms with Gasteiger partial charge in [-0.05, 0) is 55.0 Å². The van der Waals surface area contributed by atoms with Gasteiger partial charge < -0.3 is 20.7 Å². The van der Waals surface area contributed by atoms with Gasteiger partial charge in [0.2, 0.25) is 5.91 Å². The lowest BCUT2D eigenvalue weighted by atomic mass is 10.0. The Morgan fingerprint density at radius 1 is 1.03 bits per heavy atom. The van der Waals surface area contributed by atoms with Crippen LogP contribution in [0.5, 0.6) is 0 Å². The number of carbonyl (C=O) groups is 3. The van der Waals surface area contributed by atoms with Gasteiger partial charge in [-0.15, -0.1) is 11.3 Å². The molecule has 1 aromatic heterocycles. The number of thiazole rings is 1. The number of benzene rings is 2. The molecule has 0 fully saturated rings. The summed E-state index contributed by atoms with van der Waals surface area (Å²) in [6.45, 7) is 6.14. The number of amides is 3. The fraction of sp³-hybridized carbons (Fsp3) is 0.357. The molecular formula is C28H34N4O4S. The number of hydrogen-bond donors (Lipinski definition) is 3. The van der Waals surface area contributed by atoms with Gasteiger partial charge in [0.05, 0.1) is 26.0 Å². The number of methoxy groups -OCH3 is 1. The average molecular weight is 523 g/mol. The number of nitrogens with one attached hydrogen (secondary N) is 3. The highest BCUT2D eigenvalue weighted by atomic mass is 32.1. The van der Waals surface area contributed by atoms with Crippen LogP contribution in [0.25, 0.3) is 0 Å². The number of carbonyl (C=O) groups excluding carboxylic acids is 3. The summed E-state index contributed by atoms with van der Waals surface area (Å²) in [6, 6.07) is 14.2. The van der Waals surface area contributed by atoms with E-state index in [1.54, 1.807) is 18.3 Å². The van der Waals surface area contributed by atoms with Crippen molar-refractivity contribution in [1.82, 2.24) is 10.3 Å². The van der Waals surface area contributed by atoms with Crippen molar-refractivity contribution in [3.05, 3.63) is 75.7 Å². The Morgan fingerprint density at radius 2 is 1.76 bits per heavy atom. The van der Waals surface area contributed by atoms with Gasteiger partial charge in [0.25, 0.3) is 0 Å². The quantitative estimate of drug-likeness (QED) is 0.282. The Hall–Kier alpha value is -3.72. The molecule has 0 aliphatic carbocycles. The van der Waals surface area contributed by atoms with E-state index in [1.165, 1.54) is 18.4 Å². The van der Waals surface area contributed by atoms with Crippen LogP contribution in [0.4, 0.5) is 16.2 Å². The monoisotopic (exact) mass is 522 g/mol. The molecule has 9 heteroatoms. The molecule has 1 unspecified atom stereocenters. The van der Waals surface area contributed by atoms with E-state index in [9.17, 15) is 14.4 Å². The number of nitrogens with zero attached hydrogens (tertiary/aromatic N) is 1. The maximum Gasteiger partial charge on any atom is 0.323 e. The molecule has 0 bridgehead atoms. The Morgan fingerprint density at radius 3 is 2.43 bits per heavy atom. The molecule has 3 N–H and O–H groups in total. The molecule has 0 saturated heterocycles. The molecule has 3 rings (SSSR count). The summed E-state index contributed by atoms with van der Waals surface area (Å²) < 4.78 is 4.71. The van der Waals surface area contributed by atoms with Crippen molar-refractivity contribution in [1.29, 1.82) is 0 Å². The lowest BCUT2D eigenvalue weighted by Gasteiger charge is -2.18. The van der Waals surface area contributed by atoms with E-state index >= 15 is 0 Å². The SMILES string of the molecule is COC(=O)CCc1cnc(C(CC(C)C)NC(=O)Cc2ccc(NC(=O)Nc3ccccc3C)cc2)s1. The first-order valence-electron chi connectivity index (χ1n) is 12.3. The number of aryl methyl sites for hydroxylation is 2. The molecule has 1 atom stereocenters. The summed E-state index contributed by atoms with van der Waals surface area (Å²) in [4.78, 5) is 42.1. The Kier molecular flexibility index (Phi) is 10.2. The molecule has 0 aliphatic heterocycles. The first-order valence-corrected chi connectivity index (χ1v) is 13.1. The highest BCUT2D eigenvalue weighted by Gasteiger charge is 2.20. The second-order valence-electron chi connectivity index (χ2n) is 9.26. The van der Waals surface area contributed by atoms with E-state index < -0.39 is 0 Å². The predicted molar refractivity (Wildman–Crippen MR) is 147 cm³/mol. The second-order valence-corrected chi connectivity index (χ2v) is 10.4. The minimum absolute atomic E-state index is 0.102. The van der Waals surface area contributed by atoms with Gasteiger partial charge >= 0.3 is 12.0 Å². The normalized spacial score (nSPS) is 11.6. The van der Waals surface area contributed by atoms with E-state index in [1.807, 2.05) is 43.3 Å². The van der Waals surface area contributed by atoms with Crippen molar-refractivity contribution in [2.24, 2.45) is 5.92 Å². The third-order valence-corrected chi connectivity index (χ3v) is 6.86. The van der Waals surface area contributed by atoms with Gasteiger partial charge in [0.15, 0.2) is 0 Å². The van der Waals surface area contributed by atoms with E-state index in [0.29, 0.717) is 24.4 Å². The molecule has 0 spiro atoms. The average Bonchev–Trinajstić information content (AvgIpc) is 3.33. The minimum Gasteiger partial charge on any atom is -0.469 e. The molecule has 3 aromatic rings. The summed E-state index contributed by atoms with van der Waals surface area (Å²) in [6.07, 6.45) is 3.61. The van der Waals surface area contributed by atoms with Crippen molar-refractivity contribution >= 4 is 40.6 Å². The molecule has 0 radical (unpaired) electrons. The lowest BCUT2D eigenvalue weighted by Crippen LogP contribution is -2.30. The maximum atomic E-state index is 12.9. The first kappa shape index (κ1) is 27.9. The number of ether oxygens (including phenoxy) is 1. The number of hydrogen-bond acceptors (Lipinski definition) is 6. The smallest absolute Gasteiger partial charge is 0.323 e. The Labute approximate surface area is 221 Å². The third kappa shape index (κ3) is 9.02.